The van der Waals surface area contributed by atoms with Crippen molar-refractivity contribution in [2.24, 2.45) is 5.92 Å². The quantitative estimate of drug-likeness (QED) is 0.347. The summed E-state index contributed by atoms with van der Waals surface area (Å²) in [5.74, 6) is 0.190. The van der Waals surface area contributed by atoms with E-state index in [1.807, 2.05) is 104 Å². The van der Waals surface area contributed by atoms with Gasteiger partial charge in [0.15, 0.2) is 11.9 Å². The highest BCUT2D eigenvalue weighted by Gasteiger charge is 2.31. The average Bonchev–Trinajstić information content (AvgIpc) is 3.19. The van der Waals surface area contributed by atoms with Crippen molar-refractivity contribution in [1.82, 2.24) is 0 Å². The first-order chi connectivity index (χ1) is 16.5. The Kier molecular flexibility index (Phi) is 7.38. The number of ether oxygens (including phenoxy) is 2. The highest BCUT2D eigenvalue weighted by Crippen LogP contribution is 2.32. The van der Waals surface area contributed by atoms with Gasteiger partial charge < -0.3 is 9.47 Å². The molecule has 172 valence electrons. The van der Waals surface area contributed by atoms with Gasteiger partial charge in [-0.3, -0.25) is 9.59 Å². The molecule has 0 saturated carbocycles. The number of allylic oxidation sites excluding steroid dienone is 2. The van der Waals surface area contributed by atoms with Crippen LogP contribution in [0.5, 0.6) is 0 Å². The van der Waals surface area contributed by atoms with Gasteiger partial charge in [0.1, 0.15) is 11.7 Å². The molecule has 0 aliphatic carbocycles. The minimum atomic E-state index is -0.982. The number of benzene rings is 3. The van der Waals surface area contributed by atoms with Gasteiger partial charge in [-0.05, 0) is 36.1 Å². The highest BCUT2D eigenvalue weighted by molar-refractivity contribution is 5.89. The predicted octanol–water partition coefficient (Wildman–Crippen LogP) is 6.52. The third-order valence-electron chi connectivity index (χ3n) is 5.97. The second kappa shape index (κ2) is 10.8. The average molecular weight is 453 g/mol. The normalized spacial score (nSPS) is 16.0. The Labute approximate surface area is 200 Å². The molecule has 2 atom stereocenters. The fourth-order valence-corrected chi connectivity index (χ4v) is 4.25. The summed E-state index contributed by atoms with van der Waals surface area (Å²) in [6.45, 7) is 5.80. The van der Waals surface area contributed by atoms with Crippen LogP contribution in [0.4, 0.5) is 0 Å². The second-order valence-corrected chi connectivity index (χ2v) is 8.44. The molecule has 2 unspecified atom stereocenters. The molecule has 3 aromatic rings. The third-order valence-corrected chi connectivity index (χ3v) is 5.97. The third kappa shape index (κ3) is 5.52. The molecular formula is C30H28O4. The van der Waals surface area contributed by atoms with Crippen LogP contribution in [-0.4, -0.2) is 11.8 Å². The molecule has 0 fully saturated rings. The van der Waals surface area contributed by atoms with Gasteiger partial charge in [-0.25, -0.2) is 0 Å². The first-order valence-electron chi connectivity index (χ1n) is 11.5. The molecule has 1 aliphatic heterocycles. The van der Waals surface area contributed by atoms with Gasteiger partial charge in [0.05, 0.1) is 5.76 Å². The maximum atomic E-state index is 13.6. The van der Waals surface area contributed by atoms with Crippen LogP contribution in [0.3, 0.4) is 0 Å². The van der Waals surface area contributed by atoms with Gasteiger partial charge in [-0.15, -0.1) is 0 Å². The lowest BCUT2D eigenvalue weighted by Gasteiger charge is -2.22. The SMILES string of the molecule is C=C1OC(C)=CC1CCC(=O)C(OC(=O)C(c1ccccc1)c1ccccc1)c1ccccc1. The van der Waals surface area contributed by atoms with Crippen molar-refractivity contribution >= 4 is 11.8 Å². The summed E-state index contributed by atoms with van der Waals surface area (Å²) >= 11 is 0. The zero-order valence-corrected chi connectivity index (χ0v) is 19.2. The summed E-state index contributed by atoms with van der Waals surface area (Å²) in [6, 6.07) is 28.2. The lowest BCUT2D eigenvalue weighted by Crippen LogP contribution is -2.25. The molecule has 0 radical (unpaired) electrons. The van der Waals surface area contributed by atoms with E-state index < -0.39 is 18.0 Å². The van der Waals surface area contributed by atoms with E-state index in [-0.39, 0.29) is 18.1 Å². The van der Waals surface area contributed by atoms with Crippen molar-refractivity contribution in [3.8, 4) is 0 Å². The Morgan fingerprint density at radius 2 is 1.35 bits per heavy atom. The number of hydrogen-bond acceptors (Lipinski definition) is 4. The van der Waals surface area contributed by atoms with E-state index >= 15 is 0 Å². The number of Topliss-reactive ketones (excluding diaryl/α,β-unsaturated/α-hetero) is 1. The molecule has 0 N–H and O–H groups in total. The van der Waals surface area contributed by atoms with Crippen LogP contribution in [0.2, 0.25) is 0 Å². The van der Waals surface area contributed by atoms with E-state index in [0.717, 1.165) is 16.9 Å². The second-order valence-electron chi connectivity index (χ2n) is 8.44. The van der Waals surface area contributed by atoms with Gasteiger partial charge in [-0.2, -0.15) is 0 Å². The molecule has 4 heteroatoms. The first-order valence-corrected chi connectivity index (χ1v) is 11.5. The molecule has 3 aromatic carbocycles. The maximum absolute atomic E-state index is 13.6. The summed E-state index contributed by atoms with van der Waals surface area (Å²) in [5, 5.41) is 0. The molecule has 1 heterocycles. The minimum absolute atomic E-state index is 0.0162. The van der Waals surface area contributed by atoms with Crippen molar-refractivity contribution in [2.45, 2.75) is 31.8 Å². The van der Waals surface area contributed by atoms with Crippen molar-refractivity contribution in [3.63, 3.8) is 0 Å². The molecule has 1 aliphatic rings. The number of ketones is 1. The van der Waals surface area contributed by atoms with Crippen LogP contribution in [-0.2, 0) is 19.1 Å². The van der Waals surface area contributed by atoms with Gasteiger partial charge in [0.2, 0.25) is 0 Å². The summed E-state index contributed by atoms with van der Waals surface area (Å²) in [4.78, 5) is 26.9. The van der Waals surface area contributed by atoms with Gasteiger partial charge in [0.25, 0.3) is 0 Å². The Hall–Kier alpha value is -3.92. The Bertz CT molecular complexity index is 1130. The van der Waals surface area contributed by atoms with E-state index in [0.29, 0.717) is 17.7 Å². The van der Waals surface area contributed by atoms with Crippen molar-refractivity contribution in [1.29, 1.82) is 0 Å². The lowest BCUT2D eigenvalue weighted by molar-refractivity contribution is -0.156. The molecular weight excluding hydrogens is 424 g/mol. The summed E-state index contributed by atoms with van der Waals surface area (Å²) < 4.78 is 11.5. The molecule has 0 saturated heterocycles. The summed E-state index contributed by atoms with van der Waals surface area (Å²) in [6.07, 6.45) is 1.78. The van der Waals surface area contributed by atoms with E-state index in [4.69, 9.17) is 9.47 Å². The molecule has 0 aromatic heterocycles. The standard InChI is InChI=1S/C30H28O4/c1-21-20-26(22(2)33-21)18-19-27(31)29(25-16-10-5-11-17-25)34-30(32)28(23-12-6-3-7-13-23)24-14-8-4-9-15-24/h3-17,20,26,28-29H,2,18-19H2,1H3. The molecule has 0 amide bonds. The van der Waals surface area contributed by atoms with Gasteiger partial charge in [-0.1, -0.05) is 97.6 Å². The fraction of sp³-hybridized carbons (Fsp3) is 0.200. The summed E-state index contributed by atoms with van der Waals surface area (Å²) in [7, 11) is 0. The molecule has 4 rings (SSSR count). The van der Waals surface area contributed by atoms with Gasteiger partial charge >= 0.3 is 5.97 Å². The Morgan fingerprint density at radius 1 is 0.853 bits per heavy atom. The Morgan fingerprint density at radius 3 is 1.82 bits per heavy atom. The van der Waals surface area contributed by atoms with E-state index in [9.17, 15) is 9.59 Å². The van der Waals surface area contributed by atoms with E-state index in [1.54, 1.807) is 0 Å². The molecule has 0 spiro atoms. The smallest absolute Gasteiger partial charge is 0.318 e. The summed E-state index contributed by atoms with van der Waals surface area (Å²) in [5.41, 5.74) is 2.30. The number of rotatable bonds is 9. The van der Waals surface area contributed by atoms with Crippen LogP contribution < -0.4 is 0 Å². The molecule has 34 heavy (non-hydrogen) atoms. The van der Waals surface area contributed by atoms with E-state index in [2.05, 4.69) is 6.58 Å². The van der Waals surface area contributed by atoms with Crippen LogP contribution >= 0.6 is 0 Å². The predicted molar refractivity (Wildman–Crippen MR) is 132 cm³/mol. The maximum Gasteiger partial charge on any atom is 0.318 e. The van der Waals surface area contributed by atoms with Crippen molar-refractivity contribution in [2.75, 3.05) is 0 Å². The monoisotopic (exact) mass is 452 g/mol. The fourth-order valence-electron chi connectivity index (χ4n) is 4.25. The number of esters is 1. The van der Waals surface area contributed by atoms with Crippen LogP contribution in [0.1, 0.15) is 48.5 Å². The van der Waals surface area contributed by atoms with Crippen LogP contribution in [0, 0.1) is 5.92 Å². The zero-order valence-electron chi connectivity index (χ0n) is 19.2. The zero-order chi connectivity index (χ0) is 23.9. The number of carbonyl (C=O) groups excluding carboxylic acids is 2. The Balaban J connectivity index is 1.58. The topological polar surface area (TPSA) is 52.6 Å². The first kappa shape index (κ1) is 23.2. The van der Waals surface area contributed by atoms with Crippen LogP contribution in [0.15, 0.2) is 115 Å². The lowest BCUT2D eigenvalue weighted by atomic mass is 9.91. The number of carbonyl (C=O) groups is 2. The van der Waals surface area contributed by atoms with E-state index in [1.165, 1.54) is 0 Å². The highest BCUT2D eigenvalue weighted by atomic mass is 16.5. The molecule has 0 bridgehead atoms. The number of hydrogen-bond donors (Lipinski definition) is 0. The molecule has 4 nitrogen and oxygen atoms in total. The van der Waals surface area contributed by atoms with Gasteiger partial charge in [0, 0.05) is 12.3 Å². The largest absolute Gasteiger partial charge is 0.467 e. The van der Waals surface area contributed by atoms with Crippen molar-refractivity contribution in [3.05, 3.63) is 132 Å². The van der Waals surface area contributed by atoms with Crippen molar-refractivity contribution < 1.29 is 19.1 Å². The minimum Gasteiger partial charge on any atom is -0.467 e. The van der Waals surface area contributed by atoms with Crippen LogP contribution in [0.25, 0.3) is 0 Å².